The van der Waals surface area contributed by atoms with Gasteiger partial charge in [0.25, 0.3) is 0 Å². The summed E-state index contributed by atoms with van der Waals surface area (Å²) in [5.74, 6) is 0. The summed E-state index contributed by atoms with van der Waals surface area (Å²) in [5, 5.41) is 10.2. The molecule has 2 heterocycles. The van der Waals surface area contributed by atoms with Crippen molar-refractivity contribution in [2.24, 2.45) is 0 Å². The summed E-state index contributed by atoms with van der Waals surface area (Å²) in [6, 6.07) is 1.98. The van der Waals surface area contributed by atoms with Gasteiger partial charge in [0, 0.05) is 25.2 Å². The van der Waals surface area contributed by atoms with Gasteiger partial charge in [-0.25, -0.2) is 0 Å². The average Bonchev–Trinajstić information content (AvgIpc) is 2.74. The van der Waals surface area contributed by atoms with Crippen LogP contribution in [0.2, 0.25) is 0 Å². The van der Waals surface area contributed by atoms with Crippen LogP contribution in [0.15, 0.2) is 23.0 Å². The number of furan rings is 1. The minimum absolute atomic E-state index is 0.154. The molecule has 0 bridgehead atoms. The molecule has 0 spiro atoms. The lowest BCUT2D eigenvalue weighted by molar-refractivity contribution is 0.0136. The molecule has 0 radical (unpaired) electrons. The number of aliphatic hydroxyl groups is 1. The smallest absolute Gasteiger partial charge is 0.0988 e. The van der Waals surface area contributed by atoms with Crippen LogP contribution in [0.5, 0.6) is 0 Å². The van der Waals surface area contributed by atoms with E-state index < -0.39 is 6.10 Å². The van der Waals surface area contributed by atoms with Gasteiger partial charge in [0.2, 0.25) is 0 Å². The molecule has 1 fully saturated rings. The molecule has 4 heteroatoms. The van der Waals surface area contributed by atoms with Crippen molar-refractivity contribution < 1.29 is 9.52 Å². The van der Waals surface area contributed by atoms with E-state index in [-0.39, 0.29) is 6.04 Å². The molecule has 1 aliphatic heterocycles. The number of aliphatic hydroxyl groups excluding tert-OH is 1. The first-order chi connectivity index (χ1) is 7.18. The Morgan fingerprint density at radius 2 is 2.27 bits per heavy atom. The molecule has 84 valence electrons. The molecule has 15 heavy (non-hydrogen) atoms. The fraction of sp³-hybridized carbons (Fsp3) is 0.636. The van der Waals surface area contributed by atoms with Crippen LogP contribution in [0.1, 0.15) is 11.7 Å². The second-order valence-electron chi connectivity index (χ2n) is 4.31. The van der Waals surface area contributed by atoms with Gasteiger partial charge in [-0.3, -0.25) is 4.90 Å². The Morgan fingerprint density at radius 3 is 2.93 bits per heavy atom. The Morgan fingerprint density at radius 1 is 1.47 bits per heavy atom. The van der Waals surface area contributed by atoms with Crippen LogP contribution in [-0.4, -0.2) is 54.7 Å². The maximum absolute atomic E-state index is 10.2. The quantitative estimate of drug-likeness (QED) is 0.774. The summed E-state index contributed by atoms with van der Waals surface area (Å²) in [7, 11) is 4.14. The van der Waals surface area contributed by atoms with Crippen molar-refractivity contribution in [1.82, 2.24) is 9.80 Å². The van der Waals surface area contributed by atoms with Crippen LogP contribution in [-0.2, 0) is 0 Å². The van der Waals surface area contributed by atoms with Gasteiger partial charge < -0.3 is 14.4 Å². The van der Waals surface area contributed by atoms with Gasteiger partial charge in [-0.15, -0.1) is 0 Å². The number of piperazine rings is 1. The van der Waals surface area contributed by atoms with Crippen LogP contribution in [0.25, 0.3) is 0 Å². The zero-order valence-corrected chi connectivity index (χ0v) is 9.26. The van der Waals surface area contributed by atoms with Gasteiger partial charge >= 0.3 is 0 Å². The molecule has 2 unspecified atom stereocenters. The summed E-state index contributed by atoms with van der Waals surface area (Å²) >= 11 is 0. The standard InChI is InChI=1S/C11H18N2O2/c1-12-4-5-13(2)10(7-12)11(14)9-3-6-15-8-9/h3,6,8,10-11,14H,4-5,7H2,1-2H3. The fourth-order valence-electron chi connectivity index (χ4n) is 2.05. The Balaban J connectivity index is 2.08. The van der Waals surface area contributed by atoms with E-state index in [1.807, 2.05) is 6.07 Å². The fourth-order valence-corrected chi connectivity index (χ4v) is 2.05. The summed E-state index contributed by atoms with van der Waals surface area (Å²) in [6.07, 6.45) is 2.76. The third-order valence-corrected chi connectivity index (χ3v) is 3.15. The second-order valence-corrected chi connectivity index (χ2v) is 4.31. The van der Waals surface area contributed by atoms with Crippen molar-refractivity contribution in [3.05, 3.63) is 24.2 Å². The topological polar surface area (TPSA) is 39.9 Å². The molecule has 2 atom stereocenters. The Labute approximate surface area is 90.1 Å². The minimum Gasteiger partial charge on any atom is -0.472 e. The van der Waals surface area contributed by atoms with Gasteiger partial charge in [-0.2, -0.15) is 0 Å². The Kier molecular flexibility index (Phi) is 3.09. The summed E-state index contributed by atoms with van der Waals surface area (Å²) in [4.78, 5) is 4.45. The number of hydrogen-bond acceptors (Lipinski definition) is 4. The number of likely N-dealkylation sites (N-methyl/N-ethyl adjacent to an activating group) is 2. The van der Waals surface area contributed by atoms with Gasteiger partial charge in [0.1, 0.15) is 0 Å². The molecule has 0 aromatic carbocycles. The van der Waals surface area contributed by atoms with E-state index in [0.717, 1.165) is 25.2 Å². The predicted molar refractivity (Wildman–Crippen MR) is 57.6 cm³/mol. The lowest BCUT2D eigenvalue weighted by Gasteiger charge is -2.39. The van der Waals surface area contributed by atoms with Crippen LogP contribution < -0.4 is 0 Å². The van der Waals surface area contributed by atoms with Gasteiger partial charge in [-0.05, 0) is 20.2 Å². The largest absolute Gasteiger partial charge is 0.472 e. The molecule has 1 saturated heterocycles. The molecule has 1 N–H and O–H groups in total. The first-order valence-corrected chi connectivity index (χ1v) is 5.27. The Hall–Kier alpha value is -0.840. The molecule has 2 rings (SSSR count). The van der Waals surface area contributed by atoms with Crippen molar-refractivity contribution >= 4 is 0 Å². The lowest BCUT2D eigenvalue weighted by atomic mass is 10.0. The monoisotopic (exact) mass is 210 g/mol. The zero-order chi connectivity index (χ0) is 10.8. The first kappa shape index (κ1) is 10.7. The highest BCUT2D eigenvalue weighted by atomic mass is 16.3. The van der Waals surface area contributed by atoms with E-state index in [4.69, 9.17) is 4.42 Å². The van der Waals surface area contributed by atoms with Crippen LogP contribution in [0.3, 0.4) is 0 Å². The van der Waals surface area contributed by atoms with Crippen molar-refractivity contribution in [1.29, 1.82) is 0 Å². The van der Waals surface area contributed by atoms with E-state index in [1.54, 1.807) is 12.5 Å². The van der Waals surface area contributed by atoms with Gasteiger partial charge in [-0.1, -0.05) is 0 Å². The molecule has 1 aromatic heterocycles. The molecule has 1 aromatic rings. The van der Waals surface area contributed by atoms with Crippen molar-refractivity contribution in [2.45, 2.75) is 12.1 Å². The third-order valence-electron chi connectivity index (χ3n) is 3.15. The average molecular weight is 210 g/mol. The lowest BCUT2D eigenvalue weighted by Crippen LogP contribution is -2.52. The summed E-state index contributed by atoms with van der Waals surface area (Å²) in [5.41, 5.74) is 0.863. The molecular weight excluding hydrogens is 192 g/mol. The maximum Gasteiger partial charge on any atom is 0.0988 e. The van der Waals surface area contributed by atoms with Crippen molar-refractivity contribution in [3.8, 4) is 0 Å². The normalized spacial score (nSPS) is 26.7. The van der Waals surface area contributed by atoms with E-state index in [9.17, 15) is 5.11 Å². The highest BCUT2D eigenvalue weighted by molar-refractivity contribution is 5.12. The molecule has 0 amide bonds. The van der Waals surface area contributed by atoms with Crippen molar-refractivity contribution in [3.63, 3.8) is 0 Å². The van der Waals surface area contributed by atoms with Crippen LogP contribution >= 0.6 is 0 Å². The van der Waals surface area contributed by atoms with Gasteiger partial charge in [0.15, 0.2) is 0 Å². The second kappa shape index (κ2) is 4.35. The van der Waals surface area contributed by atoms with Gasteiger partial charge in [0.05, 0.1) is 24.7 Å². The van der Waals surface area contributed by atoms with E-state index in [0.29, 0.717) is 0 Å². The number of hydrogen-bond donors (Lipinski definition) is 1. The molecule has 0 saturated carbocycles. The van der Waals surface area contributed by atoms with Crippen LogP contribution in [0.4, 0.5) is 0 Å². The highest BCUT2D eigenvalue weighted by Gasteiger charge is 2.29. The highest BCUT2D eigenvalue weighted by Crippen LogP contribution is 2.23. The van der Waals surface area contributed by atoms with E-state index in [1.165, 1.54) is 0 Å². The molecular formula is C11H18N2O2. The summed E-state index contributed by atoms with van der Waals surface area (Å²) in [6.45, 7) is 2.95. The third kappa shape index (κ3) is 2.22. The van der Waals surface area contributed by atoms with E-state index in [2.05, 4.69) is 23.9 Å². The van der Waals surface area contributed by atoms with Crippen LogP contribution in [0, 0.1) is 0 Å². The van der Waals surface area contributed by atoms with Crippen molar-refractivity contribution in [2.75, 3.05) is 33.7 Å². The minimum atomic E-state index is -0.462. The maximum atomic E-state index is 10.2. The Bertz CT molecular complexity index is 300. The molecule has 1 aliphatic rings. The first-order valence-electron chi connectivity index (χ1n) is 5.27. The van der Waals surface area contributed by atoms with E-state index >= 15 is 0 Å². The molecule has 0 aliphatic carbocycles. The summed E-state index contributed by atoms with van der Waals surface area (Å²) < 4.78 is 5.00. The zero-order valence-electron chi connectivity index (χ0n) is 9.26. The number of nitrogens with zero attached hydrogens (tertiary/aromatic N) is 2. The molecule has 4 nitrogen and oxygen atoms in total. The SMILES string of the molecule is CN1CCN(C)C(C(O)c2ccoc2)C1. The number of rotatable bonds is 2. The predicted octanol–water partition coefficient (Wildman–Crippen LogP) is 0.559.